The van der Waals surface area contributed by atoms with Gasteiger partial charge >= 0.3 is 0 Å². The maximum absolute atomic E-state index is 5.63. The van der Waals surface area contributed by atoms with E-state index in [1.165, 1.54) is 0 Å². The Labute approximate surface area is 78.9 Å². The summed E-state index contributed by atoms with van der Waals surface area (Å²) in [5.41, 5.74) is 5.63. The molecular weight excluding hydrogens is 172 g/mol. The number of ether oxygens (including phenoxy) is 1. The highest BCUT2D eigenvalue weighted by molar-refractivity contribution is 7.80. The first-order valence-electron chi connectivity index (χ1n) is 4.36. The van der Waals surface area contributed by atoms with Crippen LogP contribution in [0, 0.1) is 0 Å². The van der Waals surface area contributed by atoms with E-state index in [9.17, 15) is 0 Å². The summed E-state index contributed by atoms with van der Waals surface area (Å²) in [6.45, 7) is 5.63. The first kappa shape index (κ1) is 9.89. The van der Waals surface area contributed by atoms with Gasteiger partial charge in [-0.05, 0) is 6.42 Å². The zero-order chi connectivity index (χ0) is 8.97. The number of hydrogen-bond acceptors (Lipinski definition) is 3. The second kappa shape index (κ2) is 4.74. The van der Waals surface area contributed by atoms with Crippen molar-refractivity contribution in [2.75, 3.05) is 26.3 Å². The van der Waals surface area contributed by atoms with Gasteiger partial charge in [0.15, 0.2) is 0 Å². The summed E-state index contributed by atoms with van der Waals surface area (Å²) >= 11 is 4.99. The van der Waals surface area contributed by atoms with Crippen LogP contribution in [0.3, 0.4) is 0 Å². The molecule has 0 bridgehead atoms. The smallest absolute Gasteiger partial charge is 0.0901 e. The quantitative estimate of drug-likeness (QED) is 0.650. The summed E-state index contributed by atoms with van der Waals surface area (Å²) in [5, 5.41) is 0. The highest BCUT2D eigenvalue weighted by Gasteiger charge is 2.20. The van der Waals surface area contributed by atoms with Gasteiger partial charge in [0.25, 0.3) is 0 Å². The minimum absolute atomic E-state index is 0.267. The lowest BCUT2D eigenvalue weighted by Crippen LogP contribution is -2.48. The van der Waals surface area contributed by atoms with Gasteiger partial charge in [0.1, 0.15) is 0 Å². The van der Waals surface area contributed by atoms with Crippen molar-refractivity contribution in [3.05, 3.63) is 0 Å². The standard InChI is InChI=1S/C8H16N2OS/c1-2-7(8(9)12)10-3-5-11-6-4-10/h7H,2-6H2,1H3,(H2,9,12). The van der Waals surface area contributed by atoms with E-state index in [-0.39, 0.29) is 6.04 Å². The number of nitrogens with zero attached hydrogens (tertiary/aromatic N) is 1. The number of nitrogens with two attached hydrogens (primary N) is 1. The van der Waals surface area contributed by atoms with Crippen LogP contribution < -0.4 is 5.73 Å². The number of morpholine rings is 1. The van der Waals surface area contributed by atoms with Crippen molar-refractivity contribution in [2.45, 2.75) is 19.4 Å². The van der Waals surface area contributed by atoms with Crippen LogP contribution in [-0.4, -0.2) is 42.2 Å². The summed E-state index contributed by atoms with van der Waals surface area (Å²) in [7, 11) is 0. The molecule has 0 aliphatic carbocycles. The van der Waals surface area contributed by atoms with Crippen LogP contribution in [0.25, 0.3) is 0 Å². The van der Waals surface area contributed by atoms with Crippen LogP contribution in [0.2, 0.25) is 0 Å². The first-order chi connectivity index (χ1) is 5.75. The van der Waals surface area contributed by atoms with E-state index in [4.69, 9.17) is 22.7 Å². The van der Waals surface area contributed by atoms with Gasteiger partial charge in [0.2, 0.25) is 0 Å². The molecule has 0 aromatic carbocycles. The van der Waals surface area contributed by atoms with Gasteiger partial charge in [0, 0.05) is 13.1 Å². The Kier molecular flexibility index (Phi) is 3.91. The van der Waals surface area contributed by atoms with Crippen molar-refractivity contribution < 1.29 is 4.74 Å². The van der Waals surface area contributed by atoms with E-state index >= 15 is 0 Å². The fraction of sp³-hybridized carbons (Fsp3) is 0.875. The molecule has 0 aromatic heterocycles. The second-order valence-corrected chi connectivity index (χ2v) is 3.45. The molecule has 3 nitrogen and oxygen atoms in total. The molecular formula is C8H16N2OS. The van der Waals surface area contributed by atoms with Gasteiger partial charge in [-0.3, -0.25) is 4.90 Å². The molecule has 0 aromatic rings. The minimum atomic E-state index is 0.267. The average Bonchev–Trinajstić information content (AvgIpc) is 2.07. The number of thiocarbonyl (C=S) groups is 1. The molecule has 1 heterocycles. The predicted molar refractivity (Wildman–Crippen MR) is 53.3 cm³/mol. The highest BCUT2D eigenvalue weighted by Crippen LogP contribution is 2.07. The van der Waals surface area contributed by atoms with Crippen molar-refractivity contribution >= 4 is 17.2 Å². The maximum Gasteiger partial charge on any atom is 0.0901 e. The topological polar surface area (TPSA) is 38.5 Å². The summed E-state index contributed by atoms with van der Waals surface area (Å²) in [5.74, 6) is 0. The Morgan fingerprint density at radius 1 is 1.58 bits per heavy atom. The summed E-state index contributed by atoms with van der Waals surface area (Å²) in [6.07, 6.45) is 0.995. The third-order valence-corrected chi connectivity index (χ3v) is 2.47. The molecule has 0 saturated carbocycles. The molecule has 0 radical (unpaired) electrons. The molecule has 0 amide bonds. The van der Waals surface area contributed by atoms with Crippen molar-refractivity contribution in [2.24, 2.45) is 5.73 Å². The van der Waals surface area contributed by atoms with Crippen molar-refractivity contribution in [3.63, 3.8) is 0 Å². The fourth-order valence-corrected chi connectivity index (χ4v) is 1.84. The lowest BCUT2D eigenvalue weighted by molar-refractivity contribution is 0.0286. The van der Waals surface area contributed by atoms with Crippen LogP contribution in [0.4, 0.5) is 0 Å². The molecule has 1 saturated heterocycles. The molecule has 1 atom stereocenters. The molecule has 1 unspecified atom stereocenters. The number of hydrogen-bond donors (Lipinski definition) is 1. The van der Waals surface area contributed by atoms with E-state index in [2.05, 4.69) is 11.8 Å². The van der Waals surface area contributed by atoms with Crippen molar-refractivity contribution in [3.8, 4) is 0 Å². The minimum Gasteiger partial charge on any atom is -0.392 e. The highest BCUT2D eigenvalue weighted by atomic mass is 32.1. The molecule has 12 heavy (non-hydrogen) atoms. The zero-order valence-electron chi connectivity index (χ0n) is 7.45. The Morgan fingerprint density at radius 3 is 2.58 bits per heavy atom. The van der Waals surface area contributed by atoms with Gasteiger partial charge in [-0.1, -0.05) is 19.1 Å². The molecule has 1 aliphatic rings. The molecule has 70 valence electrons. The number of rotatable bonds is 3. The van der Waals surface area contributed by atoms with E-state index in [1.807, 2.05) is 0 Å². The monoisotopic (exact) mass is 188 g/mol. The average molecular weight is 188 g/mol. The Hall–Kier alpha value is -0.190. The lowest BCUT2D eigenvalue weighted by Gasteiger charge is -2.33. The largest absolute Gasteiger partial charge is 0.392 e. The first-order valence-corrected chi connectivity index (χ1v) is 4.77. The van der Waals surface area contributed by atoms with Crippen LogP contribution in [0.5, 0.6) is 0 Å². The summed E-state index contributed by atoms with van der Waals surface area (Å²) in [4.78, 5) is 2.91. The van der Waals surface area contributed by atoms with Gasteiger partial charge < -0.3 is 10.5 Å². The summed E-state index contributed by atoms with van der Waals surface area (Å²) in [6, 6.07) is 0.267. The SMILES string of the molecule is CCC(C(N)=S)N1CCOCC1. The zero-order valence-corrected chi connectivity index (χ0v) is 8.27. The molecule has 4 heteroatoms. The Bertz CT molecular complexity index is 157. The van der Waals surface area contributed by atoms with Gasteiger partial charge in [-0.25, -0.2) is 0 Å². The molecule has 1 fully saturated rings. The Balaban J connectivity index is 2.46. The van der Waals surface area contributed by atoms with Crippen molar-refractivity contribution in [1.29, 1.82) is 0 Å². The normalized spacial score (nSPS) is 22.1. The molecule has 0 spiro atoms. The predicted octanol–water partition coefficient (Wildman–Crippen LogP) is 0.383. The van der Waals surface area contributed by atoms with Gasteiger partial charge in [-0.2, -0.15) is 0 Å². The van der Waals surface area contributed by atoms with Crippen molar-refractivity contribution in [1.82, 2.24) is 4.90 Å². The summed E-state index contributed by atoms with van der Waals surface area (Å²) < 4.78 is 5.25. The van der Waals surface area contributed by atoms with E-state index < -0.39 is 0 Å². The third-order valence-electron chi connectivity index (χ3n) is 2.20. The van der Waals surface area contributed by atoms with Crippen LogP contribution in [0.1, 0.15) is 13.3 Å². The van der Waals surface area contributed by atoms with Crippen LogP contribution in [-0.2, 0) is 4.74 Å². The lowest BCUT2D eigenvalue weighted by atomic mass is 10.2. The fourth-order valence-electron chi connectivity index (χ4n) is 1.53. The molecule has 2 N–H and O–H groups in total. The second-order valence-electron chi connectivity index (χ2n) is 2.97. The Morgan fingerprint density at radius 2 is 2.17 bits per heavy atom. The van der Waals surface area contributed by atoms with Crippen LogP contribution >= 0.6 is 12.2 Å². The van der Waals surface area contributed by atoms with Crippen LogP contribution in [0.15, 0.2) is 0 Å². The molecule has 1 rings (SSSR count). The third kappa shape index (κ3) is 2.40. The van der Waals surface area contributed by atoms with E-state index in [0.717, 1.165) is 32.7 Å². The van der Waals surface area contributed by atoms with Gasteiger partial charge in [0.05, 0.1) is 24.2 Å². The van der Waals surface area contributed by atoms with Gasteiger partial charge in [-0.15, -0.1) is 0 Å². The maximum atomic E-state index is 5.63. The molecule has 1 aliphatic heterocycles. The van der Waals surface area contributed by atoms with E-state index in [1.54, 1.807) is 0 Å². The van der Waals surface area contributed by atoms with E-state index in [0.29, 0.717) is 4.99 Å².